The van der Waals surface area contributed by atoms with Crippen molar-refractivity contribution in [1.29, 1.82) is 0 Å². The molecule has 35 heavy (non-hydrogen) atoms. The van der Waals surface area contributed by atoms with Crippen LogP contribution in [0, 0.1) is 12.7 Å². The van der Waals surface area contributed by atoms with Gasteiger partial charge in [-0.25, -0.2) is 4.39 Å². The zero-order valence-corrected chi connectivity index (χ0v) is 21.6. The summed E-state index contributed by atoms with van der Waals surface area (Å²) in [5, 5.41) is 3.02. The number of thioether (sulfide) groups is 1. The molecule has 0 aromatic heterocycles. The lowest BCUT2D eigenvalue weighted by molar-refractivity contribution is -0.140. The first-order valence-corrected chi connectivity index (χ1v) is 12.7. The molecule has 0 heterocycles. The third kappa shape index (κ3) is 8.25. The lowest BCUT2D eigenvalue weighted by Gasteiger charge is -2.34. The van der Waals surface area contributed by atoms with Gasteiger partial charge < -0.3 is 10.2 Å². The Labute approximate surface area is 211 Å². The average molecular weight is 493 g/mol. The minimum Gasteiger partial charge on any atom is -0.350 e. The molecule has 3 rings (SSSR count). The molecule has 0 aliphatic heterocycles. The number of aryl methyl sites for hydroxylation is 1. The average Bonchev–Trinajstić information content (AvgIpc) is 2.81. The number of rotatable bonds is 9. The van der Waals surface area contributed by atoms with Crippen molar-refractivity contribution in [3.8, 4) is 0 Å². The van der Waals surface area contributed by atoms with Crippen LogP contribution in [0.3, 0.4) is 0 Å². The van der Waals surface area contributed by atoms with Crippen LogP contribution in [-0.2, 0) is 22.6 Å². The summed E-state index contributed by atoms with van der Waals surface area (Å²) in [5.41, 5.74) is 1.97. The molecule has 0 unspecified atom stereocenters. The molecule has 0 radical (unpaired) electrons. The minimum atomic E-state index is -0.789. The SMILES string of the molecule is Cc1ccc(SCC(=O)N(Cc2ccccc2F)[C@@H](Cc2ccccc2)C(=O)NC(C)(C)C)cc1. The number of halogens is 1. The molecule has 0 saturated carbocycles. The molecular formula is C29H33FN2O2S. The fraction of sp³-hybridized carbons (Fsp3) is 0.310. The van der Waals surface area contributed by atoms with E-state index >= 15 is 0 Å². The third-order valence-electron chi connectivity index (χ3n) is 5.45. The van der Waals surface area contributed by atoms with E-state index < -0.39 is 17.4 Å². The molecular weight excluding hydrogens is 459 g/mol. The van der Waals surface area contributed by atoms with Crippen LogP contribution in [0.1, 0.15) is 37.5 Å². The van der Waals surface area contributed by atoms with E-state index in [0.717, 1.165) is 16.0 Å². The number of nitrogens with zero attached hydrogens (tertiary/aromatic N) is 1. The number of carbonyl (C=O) groups excluding carboxylic acids is 2. The highest BCUT2D eigenvalue weighted by molar-refractivity contribution is 8.00. The first-order valence-electron chi connectivity index (χ1n) is 11.7. The maximum atomic E-state index is 14.6. The van der Waals surface area contributed by atoms with Crippen molar-refractivity contribution in [3.63, 3.8) is 0 Å². The summed E-state index contributed by atoms with van der Waals surface area (Å²) in [4.78, 5) is 29.6. The first kappa shape index (κ1) is 26.5. The number of hydrogen-bond acceptors (Lipinski definition) is 3. The van der Waals surface area contributed by atoms with Gasteiger partial charge >= 0.3 is 0 Å². The molecule has 0 aliphatic rings. The summed E-state index contributed by atoms with van der Waals surface area (Å²) < 4.78 is 14.6. The van der Waals surface area contributed by atoms with Gasteiger partial charge in [-0.3, -0.25) is 9.59 Å². The molecule has 3 aromatic carbocycles. The van der Waals surface area contributed by atoms with Crippen LogP contribution in [0.15, 0.2) is 83.8 Å². The molecule has 4 nitrogen and oxygen atoms in total. The summed E-state index contributed by atoms with van der Waals surface area (Å²) in [6, 6.07) is 23.1. The van der Waals surface area contributed by atoms with E-state index in [4.69, 9.17) is 0 Å². The molecule has 3 aromatic rings. The van der Waals surface area contributed by atoms with Crippen LogP contribution in [-0.4, -0.2) is 34.0 Å². The summed E-state index contributed by atoms with van der Waals surface area (Å²) >= 11 is 1.41. The van der Waals surface area contributed by atoms with E-state index in [1.165, 1.54) is 22.7 Å². The third-order valence-corrected chi connectivity index (χ3v) is 6.45. The zero-order valence-electron chi connectivity index (χ0n) is 20.8. The van der Waals surface area contributed by atoms with Crippen molar-refractivity contribution in [2.24, 2.45) is 0 Å². The van der Waals surface area contributed by atoms with E-state index in [0.29, 0.717) is 12.0 Å². The van der Waals surface area contributed by atoms with E-state index in [9.17, 15) is 14.0 Å². The van der Waals surface area contributed by atoms with Crippen molar-refractivity contribution in [1.82, 2.24) is 10.2 Å². The zero-order chi connectivity index (χ0) is 25.4. The number of nitrogens with one attached hydrogen (secondary N) is 1. The monoisotopic (exact) mass is 492 g/mol. The quantitative estimate of drug-likeness (QED) is 0.385. The summed E-state index contributed by atoms with van der Waals surface area (Å²) in [6.07, 6.45) is 0.331. The highest BCUT2D eigenvalue weighted by Gasteiger charge is 2.32. The van der Waals surface area contributed by atoms with Crippen LogP contribution in [0.2, 0.25) is 0 Å². The first-order chi connectivity index (χ1) is 16.6. The van der Waals surface area contributed by atoms with Gasteiger partial charge in [0.25, 0.3) is 0 Å². The molecule has 0 saturated heterocycles. The fourth-order valence-corrected chi connectivity index (χ4v) is 4.46. The van der Waals surface area contributed by atoms with Gasteiger partial charge in [-0.15, -0.1) is 11.8 Å². The molecule has 0 aliphatic carbocycles. The van der Waals surface area contributed by atoms with Gasteiger partial charge in [0.2, 0.25) is 11.8 Å². The Bertz CT molecular complexity index is 1130. The Kier molecular flexibility index (Phi) is 9.10. The molecule has 2 amide bonds. The summed E-state index contributed by atoms with van der Waals surface area (Å²) in [6.45, 7) is 7.73. The molecule has 184 valence electrons. The van der Waals surface area contributed by atoms with Crippen LogP contribution in [0.25, 0.3) is 0 Å². The standard InChI is InChI=1S/C29H33FN2O2S/c1-21-14-16-24(17-15-21)35-20-27(33)32(19-23-12-8-9-13-25(23)30)26(28(34)31-29(2,3)4)18-22-10-6-5-7-11-22/h5-17,26H,18-20H2,1-4H3,(H,31,34)/t26-/m0/s1. The van der Waals surface area contributed by atoms with Gasteiger partial charge in [0, 0.05) is 29.0 Å². The van der Waals surface area contributed by atoms with Gasteiger partial charge in [-0.1, -0.05) is 66.2 Å². The van der Waals surface area contributed by atoms with Crippen LogP contribution >= 0.6 is 11.8 Å². The van der Waals surface area contributed by atoms with Crippen molar-refractivity contribution >= 4 is 23.6 Å². The van der Waals surface area contributed by atoms with Crippen molar-refractivity contribution in [2.45, 2.75) is 57.1 Å². The van der Waals surface area contributed by atoms with Gasteiger partial charge in [-0.2, -0.15) is 0 Å². The normalized spacial score (nSPS) is 12.1. The van der Waals surface area contributed by atoms with Crippen molar-refractivity contribution in [3.05, 3.63) is 101 Å². The summed E-state index contributed by atoms with van der Waals surface area (Å²) in [5.74, 6) is -0.729. The van der Waals surface area contributed by atoms with E-state index in [1.807, 2.05) is 82.3 Å². The highest BCUT2D eigenvalue weighted by atomic mass is 32.2. The number of carbonyl (C=O) groups is 2. The molecule has 0 fully saturated rings. The molecule has 1 N–H and O–H groups in total. The fourth-order valence-electron chi connectivity index (χ4n) is 3.68. The minimum absolute atomic E-state index is 0.00896. The highest BCUT2D eigenvalue weighted by Crippen LogP contribution is 2.22. The second-order valence-electron chi connectivity index (χ2n) is 9.66. The maximum Gasteiger partial charge on any atom is 0.243 e. The summed E-state index contributed by atoms with van der Waals surface area (Å²) in [7, 11) is 0. The van der Waals surface area contributed by atoms with Crippen LogP contribution < -0.4 is 5.32 Å². The number of amides is 2. The molecule has 0 bridgehead atoms. The number of benzene rings is 3. The van der Waals surface area contributed by atoms with Crippen LogP contribution in [0.5, 0.6) is 0 Å². The Hall–Kier alpha value is -3.12. The van der Waals surface area contributed by atoms with Gasteiger partial charge in [0.1, 0.15) is 11.9 Å². The molecule has 6 heteroatoms. The van der Waals surface area contributed by atoms with Crippen molar-refractivity contribution < 1.29 is 14.0 Å². The molecule has 1 atom stereocenters. The van der Waals surface area contributed by atoms with E-state index in [1.54, 1.807) is 18.2 Å². The molecule has 0 spiro atoms. The van der Waals surface area contributed by atoms with E-state index in [-0.39, 0.29) is 24.1 Å². The Balaban J connectivity index is 1.93. The Morgan fingerprint density at radius 3 is 2.20 bits per heavy atom. The Morgan fingerprint density at radius 1 is 0.943 bits per heavy atom. The topological polar surface area (TPSA) is 49.4 Å². The van der Waals surface area contributed by atoms with Gasteiger partial charge in [-0.05, 0) is 51.5 Å². The number of hydrogen-bond donors (Lipinski definition) is 1. The predicted octanol–water partition coefficient (Wildman–Crippen LogP) is 5.78. The second-order valence-corrected chi connectivity index (χ2v) is 10.7. The Morgan fingerprint density at radius 2 is 1.57 bits per heavy atom. The lowest BCUT2D eigenvalue weighted by atomic mass is 10.0. The lowest BCUT2D eigenvalue weighted by Crippen LogP contribution is -2.54. The maximum absolute atomic E-state index is 14.6. The van der Waals surface area contributed by atoms with Gasteiger partial charge in [0.05, 0.1) is 5.75 Å². The second kappa shape index (κ2) is 12.0. The predicted molar refractivity (Wildman–Crippen MR) is 141 cm³/mol. The largest absolute Gasteiger partial charge is 0.350 e. The van der Waals surface area contributed by atoms with Crippen molar-refractivity contribution in [2.75, 3.05) is 5.75 Å². The van der Waals surface area contributed by atoms with Crippen LogP contribution in [0.4, 0.5) is 4.39 Å². The smallest absolute Gasteiger partial charge is 0.243 e. The van der Waals surface area contributed by atoms with E-state index in [2.05, 4.69) is 5.32 Å². The van der Waals surface area contributed by atoms with Gasteiger partial charge in [0.15, 0.2) is 0 Å².